The zero-order valence-electron chi connectivity index (χ0n) is 48.7. The van der Waals surface area contributed by atoms with Gasteiger partial charge in [-0.05, 0) is 207 Å². The molecule has 17 aromatic carbocycles. The third-order valence-electron chi connectivity index (χ3n) is 18.9. The van der Waals surface area contributed by atoms with Crippen LogP contribution in [0.2, 0.25) is 0 Å². The Morgan fingerprint density at radius 2 is 0.744 bits per heavy atom. The number of hydrogen-bond donors (Lipinski definition) is 0. The largest absolute Gasteiger partial charge is 0.455 e. The van der Waals surface area contributed by atoms with Gasteiger partial charge >= 0.3 is 0 Å². The number of nitrogens with zero attached hydrogens (tertiary/aromatic N) is 2. The van der Waals surface area contributed by atoms with E-state index < -0.39 is 0 Å². The van der Waals surface area contributed by atoms with Gasteiger partial charge in [-0.15, -0.1) is 11.3 Å². The molecule has 0 amide bonds. The molecule has 19 aromatic rings. The summed E-state index contributed by atoms with van der Waals surface area (Å²) in [4.78, 5) is 4.79. The molecule has 19 rings (SSSR count). The van der Waals surface area contributed by atoms with E-state index in [0.29, 0.717) is 0 Å². The minimum Gasteiger partial charge on any atom is -0.455 e. The molecule has 0 saturated carbocycles. The van der Waals surface area contributed by atoms with Gasteiger partial charge in [-0.3, -0.25) is 0 Å². The van der Waals surface area contributed by atoms with Crippen LogP contribution < -0.4 is 9.80 Å². The lowest BCUT2D eigenvalue weighted by Crippen LogP contribution is -2.10. The SMILES string of the molecule is c1ccc(N(c2ccc3c(c2)sc2cc4ccccc4cc23)c2ccc3ccc4cc(-c5ccc6c(c5)oc5c7cccc(N(c8ccccc8)c8ccc(-c9cc%10ccccc%10c%10c9ccc9ccccc9%10)cc8)c7ccc65)c5ccccc5c4c3c2)cc1. The quantitative estimate of drug-likeness (QED) is 0.141. The fourth-order valence-electron chi connectivity index (χ4n) is 14.7. The predicted octanol–water partition coefficient (Wildman–Crippen LogP) is 25.5. The molecule has 90 heavy (non-hydrogen) atoms. The molecule has 418 valence electrons. The van der Waals surface area contributed by atoms with Gasteiger partial charge in [0.25, 0.3) is 0 Å². The molecule has 0 fully saturated rings. The van der Waals surface area contributed by atoms with Crippen molar-refractivity contribution < 1.29 is 4.42 Å². The molecule has 0 spiro atoms. The number of furan rings is 1. The van der Waals surface area contributed by atoms with Crippen molar-refractivity contribution in [3.05, 3.63) is 315 Å². The Morgan fingerprint density at radius 3 is 1.56 bits per heavy atom. The maximum atomic E-state index is 7.13. The van der Waals surface area contributed by atoms with Crippen molar-refractivity contribution in [3.8, 4) is 22.3 Å². The molecule has 0 N–H and O–H groups in total. The van der Waals surface area contributed by atoms with Crippen LogP contribution in [-0.2, 0) is 0 Å². The van der Waals surface area contributed by atoms with Gasteiger partial charge in [-0.1, -0.05) is 206 Å². The van der Waals surface area contributed by atoms with E-state index in [1.807, 2.05) is 11.3 Å². The summed E-state index contributed by atoms with van der Waals surface area (Å²) in [5.41, 5.74) is 13.0. The van der Waals surface area contributed by atoms with E-state index in [2.05, 4.69) is 325 Å². The molecule has 4 heteroatoms. The van der Waals surface area contributed by atoms with E-state index in [4.69, 9.17) is 4.42 Å². The van der Waals surface area contributed by atoms with E-state index in [0.717, 1.165) is 72.4 Å². The topological polar surface area (TPSA) is 19.6 Å². The smallest absolute Gasteiger partial charge is 0.143 e. The number of thiophene rings is 1. The first-order chi connectivity index (χ1) is 44.6. The van der Waals surface area contributed by atoms with Crippen molar-refractivity contribution in [1.29, 1.82) is 0 Å². The molecular weight excluding hydrogens is 1110 g/mol. The Morgan fingerprint density at radius 1 is 0.233 bits per heavy atom. The van der Waals surface area contributed by atoms with Gasteiger partial charge in [0.15, 0.2) is 0 Å². The maximum Gasteiger partial charge on any atom is 0.143 e. The second kappa shape index (κ2) is 20.0. The Kier molecular flexibility index (Phi) is 11.2. The van der Waals surface area contributed by atoms with Crippen LogP contribution in [0.15, 0.2) is 320 Å². The third-order valence-corrected chi connectivity index (χ3v) is 20.0. The van der Waals surface area contributed by atoms with Crippen LogP contribution in [0.4, 0.5) is 34.1 Å². The fourth-order valence-corrected chi connectivity index (χ4v) is 15.9. The molecular formula is C86H52N2OS. The molecule has 0 unspecified atom stereocenters. The van der Waals surface area contributed by atoms with E-state index in [9.17, 15) is 0 Å². The average molecular weight is 1160 g/mol. The Bertz CT molecular complexity index is 6150. The maximum absolute atomic E-state index is 7.13. The zero-order chi connectivity index (χ0) is 59.0. The second-order valence-electron chi connectivity index (χ2n) is 23.9. The molecule has 0 aliphatic rings. The van der Waals surface area contributed by atoms with Crippen LogP contribution in [0, 0.1) is 0 Å². The molecule has 2 heterocycles. The fraction of sp³-hybridized carbons (Fsp3) is 0. The summed E-state index contributed by atoms with van der Waals surface area (Å²) in [7, 11) is 0. The first-order valence-electron chi connectivity index (χ1n) is 30.9. The molecule has 0 atom stereocenters. The highest BCUT2D eigenvalue weighted by Gasteiger charge is 2.22. The summed E-state index contributed by atoms with van der Waals surface area (Å²) in [6.45, 7) is 0. The minimum atomic E-state index is 0.862. The second-order valence-corrected chi connectivity index (χ2v) is 25.0. The van der Waals surface area contributed by atoms with Crippen LogP contribution in [0.25, 0.3) is 151 Å². The normalized spacial score (nSPS) is 12.0. The number of benzene rings is 17. The van der Waals surface area contributed by atoms with Crippen molar-refractivity contribution in [2.24, 2.45) is 0 Å². The van der Waals surface area contributed by atoms with Crippen LogP contribution in [0.1, 0.15) is 0 Å². The summed E-state index contributed by atoms with van der Waals surface area (Å²) in [5.74, 6) is 0. The van der Waals surface area contributed by atoms with Gasteiger partial charge in [0.2, 0.25) is 0 Å². The van der Waals surface area contributed by atoms with Crippen molar-refractivity contribution in [2.75, 3.05) is 9.80 Å². The van der Waals surface area contributed by atoms with Crippen molar-refractivity contribution in [1.82, 2.24) is 0 Å². The first-order valence-corrected chi connectivity index (χ1v) is 31.7. The lowest BCUT2D eigenvalue weighted by Gasteiger charge is -2.27. The van der Waals surface area contributed by atoms with Crippen molar-refractivity contribution >= 4 is 174 Å². The first kappa shape index (κ1) is 50.6. The standard InChI is InChI=1S/C86H52N2OS/c1-3-20-61(21-4-1)87(65-40-43-71-79-46-56-17-7-8-18-57(56)50-82(79)90-83(71)52-65)64-39-34-55-30-31-60-48-77(68-26-13-14-27-72(68)84(60)78(55)51-64)59-36-41-70-75-45-44-69-74(86(75)89-81(70)49-59)28-15-29-80(69)88(62-22-5-2-6-23-62)63-37-32-54(33-38-63)76-47-58-19-10-12-25-67(58)85-66-24-11-9-16-53(66)35-42-73(76)85/h1-52H. The summed E-state index contributed by atoms with van der Waals surface area (Å²) in [6.07, 6.45) is 0. The van der Waals surface area contributed by atoms with E-state index in [1.54, 1.807) is 0 Å². The van der Waals surface area contributed by atoms with Gasteiger partial charge in [-0.2, -0.15) is 0 Å². The van der Waals surface area contributed by atoms with Crippen molar-refractivity contribution in [2.45, 2.75) is 0 Å². The van der Waals surface area contributed by atoms with Gasteiger partial charge in [0.1, 0.15) is 11.2 Å². The highest BCUT2D eigenvalue weighted by Crippen LogP contribution is 2.48. The summed E-state index contributed by atoms with van der Waals surface area (Å²) in [6, 6.07) is 116. The summed E-state index contributed by atoms with van der Waals surface area (Å²) < 4.78 is 9.71. The minimum absolute atomic E-state index is 0.862. The zero-order valence-corrected chi connectivity index (χ0v) is 49.5. The number of rotatable bonds is 8. The lowest BCUT2D eigenvalue weighted by atomic mass is 9.90. The Hall–Kier alpha value is -11.6. The van der Waals surface area contributed by atoms with E-state index in [1.165, 1.54) is 112 Å². The Labute approximate surface area is 522 Å². The molecule has 2 aromatic heterocycles. The molecule has 3 nitrogen and oxygen atoms in total. The summed E-state index contributed by atoms with van der Waals surface area (Å²) in [5, 5.41) is 24.4. The number of fused-ring (bicyclic) bond motifs is 19. The van der Waals surface area contributed by atoms with Crippen LogP contribution >= 0.6 is 11.3 Å². The van der Waals surface area contributed by atoms with Crippen LogP contribution in [0.5, 0.6) is 0 Å². The molecule has 0 radical (unpaired) electrons. The average Bonchev–Trinajstić information content (AvgIpc) is 1.86. The molecule has 0 saturated heterocycles. The van der Waals surface area contributed by atoms with Crippen LogP contribution in [0.3, 0.4) is 0 Å². The number of anilines is 6. The summed E-state index contributed by atoms with van der Waals surface area (Å²) >= 11 is 1.87. The molecule has 0 aliphatic heterocycles. The van der Waals surface area contributed by atoms with E-state index in [-0.39, 0.29) is 0 Å². The van der Waals surface area contributed by atoms with Crippen molar-refractivity contribution in [3.63, 3.8) is 0 Å². The van der Waals surface area contributed by atoms with Gasteiger partial charge in [-0.25, -0.2) is 0 Å². The van der Waals surface area contributed by atoms with Gasteiger partial charge in [0, 0.05) is 70.2 Å². The number of para-hydroxylation sites is 2. The number of hydrogen-bond acceptors (Lipinski definition) is 4. The monoisotopic (exact) mass is 1160 g/mol. The highest BCUT2D eigenvalue weighted by molar-refractivity contribution is 7.26. The third kappa shape index (κ3) is 7.92. The van der Waals surface area contributed by atoms with Gasteiger partial charge in [0.05, 0.1) is 5.69 Å². The van der Waals surface area contributed by atoms with Crippen LogP contribution in [-0.4, -0.2) is 0 Å². The van der Waals surface area contributed by atoms with E-state index >= 15 is 0 Å². The highest BCUT2D eigenvalue weighted by atomic mass is 32.1. The van der Waals surface area contributed by atoms with Gasteiger partial charge < -0.3 is 14.2 Å². The molecule has 0 bridgehead atoms. The molecule has 0 aliphatic carbocycles. The predicted molar refractivity (Wildman–Crippen MR) is 387 cm³/mol. The Balaban J connectivity index is 0.706. The lowest BCUT2D eigenvalue weighted by molar-refractivity contribution is 0.673.